The molecule has 1 aromatic heterocycles. The maximum absolute atomic E-state index is 12.9. The molecule has 0 aliphatic carbocycles. The molecule has 3 aromatic rings. The molecule has 0 unspecified atom stereocenters. The van der Waals surface area contributed by atoms with E-state index >= 15 is 0 Å². The quantitative estimate of drug-likeness (QED) is 0.764. The van der Waals surface area contributed by atoms with E-state index in [1.165, 1.54) is 24.5 Å². The van der Waals surface area contributed by atoms with Gasteiger partial charge in [0.1, 0.15) is 17.3 Å². The van der Waals surface area contributed by atoms with Crippen LogP contribution >= 0.6 is 0 Å². The van der Waals surface area contributed by atoms with Crippen LogP contribution in [0, 0.1) is 12.7 Å². The van der Waals surface area contributed by atoms with E-state index in [1.807, 2.05) is 31.2 Å². The van der Waals surface area contributed by atoms with E-state index in [4.69, 9.17) is 0 Å². The number of nitrogens with zero attached hydrogens (tertiary/aromatic N) is 2. The van der Waals surface area contributed by atoms with Gasteiger partial charge in [0.05, 0.1) is 12.4 Å². The SMILES string of the molecule is Cc1ccc(NC(=O)c2cnc(Nc3ccc(F)cc3)cn2)cc1. The summed E-state index contributed by atoms with van der Waals surface area (Å²) in [7, 11) is 0. The van der Waals surface area contributed by atoms with E-state index in [-0.39, 0.29) is 17.4 Å². The lowest BCUT2D eigenvalue weighted by Gasteiger charge is -2.07. The highest BCUT2D eigenvalue weighted by Crippen LogP contribution is 2.14. The molecule has 0 radical (unpaired) electrons. The smallest absolute Gasteiger partial charge is 0.275 e. The Labute approximate surface area is 138 Å². The van der Waals surface area contributed by atoms with Crippen LogP contribution in [0.3, 0.4) is 0 Å². The third-order valence-corrected chi connectivity index (χ3v) is 3.31. The summed E-state index contributed by atoms with van der Waals surface area (Å²) in [5, 5.41) is 5.74. The molecular weight excluding hydrogens is 307 g/mol. The monoisotopic (exact) mass is 322 g/mol. The number of aryl methyl sites for hydroxylation is 1. The molecule has 2 N–H and O–H groups in total. The minimum Gasteiger partial charge on any atom is -0.339 e. The van der Waals surface area contributed by atoms with Gasteiger partial charge in [0.2, 0.25) is 0 Å². The highest BCUT2D eigenvalue weighted by molar-refractivity contribution is 6.02. The first-order chi connectivity index (χ1) is 11.6. The second-order valence-electron chi connectivity index (χ2n) is 5.24. The number of carbonyl (C=O) groups is 1. The molecule has 0 aliphatic rings. The summed E-state index contributed by atoms with van der Waals surface area (Å²) >= 11 is 0. The van der Waals surface area contributed by atoms with Crippen LogP contribution in [0.2, 0.25) is 0 Å². The fourth-order valence-electron chi connectivity index (χ4n) is 2.02. The Hall–Kier alpha value is -3.28. The van der Waals surface area contributed by atoms with E-state index in [0.29, 0.717) is 17.2 Å². The van der Waals surface area contributed by atoms with Crippen LogP contribution in [0.4, 0.5) is 21.6 Å². The number of hydrogen-bond donors (Lipinski definition) is 2. The lowest BCUT2D eigenvalue weighted by molar-refractivity contribution is 0.102. The normalized spacial score (nSPS) is 10.2. The summed E-state index contributed by atoms with van der Waals surface area (Å²) in [4.78, 5) is 20.4. The fraction of sp³-hybridized carbons (Fsp3) is 0.0556. The van der Waals surface area contributed by atoms with E-state index < -0.39 is 0 Å². The Morgan fingerprint density at radius 1 is 0.917 bits per heavy atom. The number of amides is 1. The van der Waals surface area contributed by atoms with Gasteiger partial charge in [0.15, 0.2) is 0 Å². The molecule has 120 valence electrons. The molecule has 0 spiro atoms. The van der Waals surface area contributed by atoms with Gasteiger partial charge in [-0.15, -0.1) is 0 Å². The molecule has 1 heterocycles. The van der Waals surface area contributed by atoms with Crippen LogP contribution in [-0.4, -0.2) is 15.9 Å². The van der Waals surface area contributed by atoms with Crippen molar-refractivity contribution in [3.63, 3.8) is 0 Å². The van der Waals surface area contributed by atoms with Crippen molar-refractivity contribution in [1.29, 1.82) is 0 Å². The molecule has 0 bridgehead atoms. The maximum Gasteiger partial charge on any atom is 0.275 e. The summed E-state index contributed by atoms with van der Waals surface area (Å²) in [6.45, 7) is 1.98. The zero-order chi connectivity index (χ0) is 16.9. The number of nitrogens with one attached hydrogen (secondary N) is 2. The molecular formula is C18H15FN4O. The molecule has 5 nitrogen and oxygen atoms in total. The van der Waals surface area contributed by atoms with E-state index in [2.05, 4.69) is 20.6 Å². The van der Waals surface area contributed by atoms with Gasteiger partial charge in [0.25, 0.3) is 5.91 Å². The number of benzene rings is 2. The van der Waals surface area contributed by atoms with Crippen LogP contribution in [0.1, 0.15) is 16.1 Å². The first-order valence-corrected chi connectivity index (χ1v) is 7.33. The molecule has 0 atom stereocenters. The second kappa shape index (κ2) is 6.87. The van der Waals surface area contributed by atoms with Crippen molar-refractivity contribution in [2.75, 3.05) is 10.6 Å². The molecule has 0 saturated heterocycles. The molecule has 0 aliphatic heterocycles. The molecule has 6 heteroatoms. The van der Waals surface area contributed by atoms with Gasteiger partial charge in [-0.25, -0.2) is 14.4 Å². The molecule has 1 amide bonds. The largest absolute Gasteiger partial charge is 0.339 e. The summed E-state index contributed by atoms with van der Waals surface area (Å²) in [5.74, 6) is -0.178. The minimum absolute atomic E-state index is 0.209. The van der Waals surface area contributed by atoms with Gasteiger partial charge in [-0.05, 0) is 43.3 Å². The zero-order valence-electron chi connectivity index (χ0n) is 13.0. The lowest BCUT2D eigenvalue weighted by atomic mass is 10.2. The van der Waals surface area contributed by atoms with Crippen molar-refractivity contribution in [2.45, 2.75) is 6.92 Å². The number of rotatable bonds is 4. The minimum atomic E-state index is -0.334. The lowest BCUT2D eigenvalue weighted by Crippen LogP contribution is -2.14. The topological polar surface area (TPSA) is 66.9 Å². The van der Waals surface area contributed by atoms with Gasteiger partial charge in [0, 0.05) is 11.4 Å². The molecule has 2 aromatic carbocycles. The van der Waals surface area contributed by atoms with Crippen molar-refractivity contribution in [3.8, 4) is 0 Å². The predicted octanol–water partition coefficient (Wildman–Crippen LogP) is 3.92. The fourth-order valence-corrected chi connectivity index (χ4v) is 2.02. The molecule has 0 saturated carbocycles. The third kappa shape index (κ3) is 3.92. The van der Waals surface area contributed by atoms with Crippen LogP contribution < -0.4 is 10.6 Å². The number of hydrogen-bond acceptors (Lipinski definition) is 4. The first kappa shape index (κ1) is 15.6. The Bertz CT molecular complexity index is 830. The summed E-state index contributed by atoms with van der Waals surface area (Å²) in [6, 6.07) is 13.4. The Balaban J connectivity index is 1.66. The van der Waals surface area contributed by atoms with Gasteiger partial charge < -0.3 is 10.6 Å². The average Bonchev–Trinajstić information content (AvgIpc) is 2.59. The number of halogens is 1. The van der Waals surface area contributed by atoms with Crippen LogP contribution in [0.25, 0.3) is 0 Å². The number of anilines is 3. The summed E-state index contributed by atoms with van der Waals surface area (Å²) < 4.78 is 12.9. The Morgan fingerprint density at radius 2 is 1.58 bits per heavy atom. The van der Waals surface area contributed by atoms with Crippen molar-refractivity contribution < 1.29 is 9.18 Å². The van der Waals surface area contributed by atoms with Crippen LogP contribution in [-0.2, 0) is 0 Å². The Morgan fingerprint density at radius 3 is 2.21 bits per heavy atom. The van der Waals surface area contributed by atoms with Gasteiger partial charge >= 0.3 is 0 Å². The summed E-state index contributed by atoms with van der Waals surface area (Å²) in [6.07, 6.45) is 2.84. The zero-order valence-corrected chi connectivity index (χ0v) is 13.0. The second-order valence-corrected chi connectivity index (χ2v) is 5.24. The highest BCUT2D eigenvalue weighted by Gasteiger charge is 2.08. The maximum atomic E-state index is 12.9. The van der Waals surface area contributed by atoms with Gasteiger partial charge in [-0.2, -0.15) is 0 Å². The molecule has 3 rings (SSSR count). The van der Waals surface area contributed by atoms with Crippen LogP contribution in [0.5, 0.6) is 0 Å². The average molecular weight is 322 g/mol. The third-order valence-electron chi connectivity index (χ3n) is 3.31. The van der Waals surface area contributed by atoms with Gasteiger partial charge in [-0.3, -0.25) is 4.79 Å². The van der Waals surface area contributed by atoms with Crippen molar-refractivity contribution in [3.05, 3.63) is 78.0 Å². The standard InChI is InChI=1S/C18H15FN4O/c1-12-2-6-15(7-3-12)23-18(24)16-10-21-17(11-20-16)22-14-8-4-13(19)5-9-14/h2-11H,1H3,(H,21,22)(H,23,24). The van der Waals surface area contributed by atoms with E-state index in [1.54, 1.807) is 12.1 Å². The van der Waals surface area contributed by atoms with Crippen molar-refractivity contribution in [2.24, 2.45) is 0 Å². The number of carbonyl (C=O) groups excluding carboxylic acids is 1. The van der Waals surface area contributed by atoms with E-state index in [0.717, 1.165) is 5.56 Å². The Kier molecular flexibility index (Phi) is 4.47. The molecule has 24 heavy (non-hydrogen) atoms. The van der Waals surface area contributed by atoms with Crippen molar-refractivity contribution >= 4 is 23.1 Å². The van der Waals surface area contributed by atoms with Crippen LogP contribution in [0.15, 0.2) is 60.9 Å². The summed E-state index contributed by atoms with van der Waals surface area (Å²) in [5.41, 5.74) is 2.70. The predicted molar refractivity (Wildman–Crippen MR) is 90.8 cm³/mol. The first-order valence-electron chi connectivity index (χ1n) is 7.33. The van der Waals surface area contributed by atoms with E-state index in [9.17, 15) is 9.18 Å². The highest BCUT2D eigenvalue weighted by atomic mass is 19.1. The number of aromatic nitrogens is 2. The van der Waals surface area contributed by atoms with Gasteiger partial charge in [-0.1, -0.05) is 17.7 Å². The molecule has 0 fully saturated rings. The van der Waals surface area contributed by atoms with Crippen molar-refractivity contribution in [1.82, 2.24) is 9.97 Å².